The highest BCUT2D eigenvalue weighted by atomic mass is 16.2. The Morgan fingerprint density at radius 3 is 2.43 bits per heavy atom. The Balaban J connectivity index is 1.54. The van der Waals surface area contributed by atoms with Gasteiger partial charge in [-0.15, -0.1) is 0 Å². The first kappa shape index (κ1) is 13.6. The zero-order chi connectivity index (χ0) is 14.5. The summed E-state index contributed by atoms with van der Waals surface area (Å²) in [5, 5.41) is 0. The molecule has 1 amide bonds. The van der Waals surface area contributed by atoms with Crippen molar-refractivity contribution in [3.05, 3.63) is 54.4 Å². The average molecular weight is 283 g/mol. The molecule has 0 atom stereocenters. The van der Waals surface area contributed by atoms with Crippen molar-refractivity contribution < 1.29 is 4.79 Å². The Morgan fingerprint density at radius 2 is 1.76 bits per heavy atom. The summed E-state index contributed by atoms with van der Waals surface area (Å²) in [6, 6.07) is 4.05. The molecule has 0 N–H and O–H groups in total. The third-order valence-corrected chi connectivity index (χ3v) is 3.60. The van der Waals surface area contributed by atoms with Crippen LogP contribution in [0.25, 0.3) is 0 Å². The number of pyridine rings is 1. The highest BCUT2D eigenvalue weighted by Gasteiger charge is 2.22. The van der Waals surface area contributed by atoms with E-state index in [9.17, 15) is 4.79 Å². The maximum Gasteiger partial charge on any atom is 0.274 e. The summed E-state index contributed by atoms with van der Waals surface area (Å²) in [6.45, 7) is 4.08. The minimum absolute atomic E-state index is 0.0355. The molecule has 0 aliphatic carbocycles. The Morgan fingerprint density at radius 1 is 1.00 bits per heavy atom. The molecule has 6 heteroatoms. The second kappa shape index (κ2) is 6.41. The van der Waals surface area contributed by atoms with Crippen LogP contribution >= 0.6 is 0 Å². The van der Waals surface area contributed by atoms with Crippen LogP contribution in [0.5, 0.6) is 0 Å². The summed E-state index contributed by atoms with van der Waals surface area (Å²) in [7, 11) is 0. The normalized spacial score (nSPS) is 15.9. The molecule has 108 valence electrons. The average Bonchev–Trinajstić information content (AvgIpc) is 2.57. The van der Waals surface area contributed by atoms with E-state index in [1.807, 2.05) is 29.4 Å². The first-order valence-electron chi connectivity index (χ1n) is 6.99. The Hall–Kier alpha value is -2.34. The van der Waals surface area contributed by atoms with E-state index in [0.29, 0.717) is 5.69 Å². The number of hydrogen-bond donors (Lipinski definition) is 0. The predicted molar refractivity (Wildman–Crippen MR) is 77.4 cm³/mol. The van der Waals surface area contributed by atoms with Gasteiger partial charge >= 0.3 is 0 Å². The van der Waals surface area contributed by atoms with Crippen molar-refractivity contribution in [1.82, 2.24) is 24.8 Å². The zero-order valence-corrected chi connectivity index (χ0v) is 11.7. The minimum atomic E-state index is -0.0355. The second-order valence-corrected chi connectivity index (χ2v) is 5.01. The molecular weight excluding hydrogens is 266 g/mol. The van der Waals surface area contributed by atoms with Gasteiger partial charge in [0.1, 0.15) is 5.69 Å². The fourth-order valence-corrected chi connectivity index (χ4v) is 2.43. The van der Waals surface area contributed by atoms with Crippen LogP contribution in [0.2, 0.25) is 0 Å². The zero-order valence-electron chi connectivity index (χ0n) is 11.7. The van der Waals surface area contributed by atoms with E-state index in [1.54, 1.807) is 12.4 Å². The molecule has 0 radical (unpaired) electrons. The highest BCUT2D eigenvalue weighted by molar-refractivity contribution is 5.92. The van der Waals surface area contributed by atoms with E-state index >= 15 is 0 Å². The van der Waals surface area contributed by atoms with E-state index in [2.05, 4.69) is 19.9 Å². The van der Waals surface area contributed by atoms with Crippen molar-refractivity contribution in [2.24, 2.45) is 0 Å². The number of aromatic nitrogens is 3. The summed E-state index contributed by atoms with van der Waals surface area (Å²) in [4.78, 5) is 28.5. The highest BCUT2D eigenvalue weighted by Crippen LogP contribution is 2.09. The first-order valence-corrected chi connectivity index (χ1v) is 6.99. The SMILES string of the molecule is O=C(c1cnccn1)N1CCN(Cc2ccncc2)CC1. The molecule has 2 aromatic rings. The van der Waals surface area contributed by atoms with Crippen molar-refractivity contribution in [3.8, 4) is 0 Å². The lowest BCUT2D eigenvalue weighted by Crippen LogP contribution is -2.48. The summed E-state index contributed by atoms with van der Waals surface area (Å²) >= 11 is 0. The van der Waals surface area contributed by atoms with Crippen LogP contribution in [0.1, 0.15) is 16.1 Å². The minimum Gasteiger partial charge on any atom is -0.335 e. The van der Waals surface area contributed by atoms with Gasteiger partial charge in [-0.2, -0.15) is 0 Å². The van der Waals surface area contributed by atoms with Gasteiger partial charge in [-0.25, -0.2) is 4.98 Å². The van der Waals surface area contributed by atoms with Crippen molar-refractivity contribution in [3.63, 3.8) is 0 Å². The van der Waals surface area contributed by atoms with E-state index in [0.717, 1.165) is 32.7 Å². The molecule has 1 saturated heterocycles. The molecule has 6 nitrogen and oxygen atoms in total. The second-order valence-electron chi connectivity index (χ2n) is 5.01. The third-order valence-electron chi connectivity index (χ3n) is 3.60. The van der Waals surface area contributed by atoms with E-state index in [4.69, 9.17) is 0 Å². The number of carbonyl (C=O) groups is 1. The molecule has 0 spiro atoms. The number of nitrogens with zero attached hydrogens (tertiary/aromatic N) is 5. The molecule has 2 aromatic heterocycles. The first-order chi connectivity index (χ1) is 10.3. The van der Waals surface area contributed by atoms with Crippen LogP contribution in [0.15, 0.2) is 43.1 Å². The lowest BCUT2D eigenvalue weighted by molar-refractivity contribution is 0.0622. The number of carbonyl (C=O) groups excluding carboxylic acids is 1. The molecule has 1 fully saturated rings. The Kier molecular flexibility index (Phi) is 4.16. The molecule has 3 rings (SSSR count). The van der Waals surface area contributed by atoms with E-state index in [1.165, 1.54) is 11.8 Å². The smallest absolute Gasteiger partial charge is 0.274 e. The summed E-state index contributed by atoms with van der Waals surface area (Å²) in [5.74, 6) is -0.0355. The van der Waals surface area contributed by atoms with Gasteiger partial charge in [0.25, 0.3) is 5.91 Å². The van der Waals surface area contributed by atoms with Crippen molar-refractivity contribution in [2.45, 2.75) is 6.54 Å². The quantitative estimate of drug-likeness (QED) is 0.835. The van der Waals surface area contributed by atoms with Gasteiger partial charge in [-0.05, 0) is 17.7 Å². The van der Waals surface area contributed by atoms with Crippen LogP contribution in [-0.2, 0) is 6.54 Å². The lowest BCUT2D eigenvalue weighted by Gasteiger charge is -2.34. The number of piperazine rings is 1. The molecular formula is C15H17N5O. The Labute approximate surface area is 123 Å². The standard InChI is InChI=1S/C15H17N5O/c21-15(14-11-17-5-6-18-14)20-9-7-19(8-10-20)12-13-1-3-16-4-2-13/h1-6,11H,7-10,12H2. The van der Waals surface area contributed by atoms with Gasteiger partial charge in [0, 0.05) is 57.5 Å². The fraction of sp³-hybridized carbons (Fsp3) is 0.333. The van der Waals surface area contributed by atoms with E-state index in [-0.39, 0.29) is 5.91 Å². The number of amides is 1. The predicted octanol–water partition coefficient (Wildman–Crippen LogP) is 0.830. The van der Waals surface area contributed by atoms with Crippen LogP contribution in [0, 0.1) is 0 Å². The Bertz CT molecular complexity index is 582. The largest absolute Gasteiger partial charge is 0.335 e. The van der Waals surface area contributed by atoms with Crippen LogP contribution < -0.4 is 0 Å². The van der Waals surface area contributed by atoms with Crippen molar-refractivity contribution in [1.29, 1.82) is 0 Å². The van der Waals surface area contributed by atoms with E-state index < -0.39 is 0 Å². The maximum atomic E-state index is 12.3. The van der Waals surface area contributed by atoms with Gasteiger partial charge in [-0.1, -0.05) is 0 Å². The fourth-order valence-electron chi connectivity index (χ4n) is 2.43. The van der Waals surface area contributed by atoms with Crippen molar-refractivity contribution >= 4 is 5.91 Å². The topological polar surface area (TPSA) is 62.2 Å². The maximum absolute atomic E-state index is 12.3. The monoisotopic (exact) mass is 283 g/mol. The van der Waals surface area contributed by atoms with Gasteiger partial charge in [0.2, 0.25) is 0 Å². The lowest BCUT2D eigenvalue weighted by atomic mass is 10.2. The van der Waals surface area contributed by atoms with Gasteiger partial charge in [0.05, 0.1) is 6.20 Å². The summed E-state index contributed by atoms with van der Waals surface area (Å²) in [5.41, 5.74) is 1.67. The summed E-state index contributed by atoms with van der Waals surface area (Å²) < 4.78 is 0. The van der Waals surface area contributed by atoms with Crippen molar-refractivity contribution in [2.75, 3.05) is 26.2 Å². The molecule has 0 unspecified atom stereocenters. The molecule has 3 heterocycles. The van der Waals surface area contributed by atoms with Crippen LogP contribution in [-0.4, -0.2) is 56.8 Å². The molecule has 1 aliphatic heterocycles. The van der Waals surface area contributed by atoms with Gasteiger partial charge < -0.3 is 4.90 Å². The molecule has 1 aliphatic rings. The number of rotatable bonds is 3. The van der Waals surface area contributed by atoms with Gasteiger partial charge in [-0.3, -0.25) is 19.7 Å². The summed E-state index contributed by atoms with van der Waals surface area (Å²) in [6.07, 6.45) is 8.26. The number of hydrogen-bond acceptors (Lipinski definition) is 5. The molecule has 0 saturated carbocycles. The van der Waals surface area contributed by atoms with Crippen LogP contribution in [0.3, 0.4) is 0 Å². The van der Waals surface area contributed by atoms with Crippen LogP contribution in [0.4, 0.5) is 0 Å². The van der Waals surface area contributed by atoms with Gasteiger partial charge in [0.15, 0.2) is 0 Å². The molecule has 0 bridgehead atoms. The molecule has 0 aromatic carbocycles. The molecule has 21 heavy (non-hydrogen) atoms. The third kappa shape index (κ3) is 3.41.